The first-order valence-corrected chi connectivity index (χ1v) is 4.59. The maximum Gasteiger partial charge on any atom is 0.311 e. The van der Waals surface area contributed by atoms with E-state index in [1.807, 2.05) is 20.8 Å². The van der Waals surface area contributed by atoms with Gasteiger partial charge in [-0.1, -0.05) is 6.92 Å². The monoisotopic (exact) mass is 188 g/mol. The minimum absolute atomic E-state index is 0.133. The van der Waals surface area contributed by atoms with Crippen molar-refractivity contribution in [3.63, 3.8) is 0 Å². The molecule has 1 unspecified atom stereocenters. The fourth-order valence-electron chi connectivity index (χ4n) is 1.32. The summed E-state index contributed by atoms with van der Waals surface area (Å²) in [7, 11) is 3.08. The zero-order valence-corrected chi connectivity index (χ0v) is 9.22. The van der Waals surface area contributed by atoms with E-state index in [1.165, 1.54) is 7.11 Å². The Balaban J connectivity index is 4.21. The molecule has 0 aliphatic carbocycles. The van der Waals surface area contributed by atoms with Crippen molar-refractivity contribution in [2.75, 3.05) is 14.2 Å². The van der Waals surface area contributed by atoms with Crippen molar-refractivity contribution in [2.24, 2.45) is 5.41 Å². The van der Waals surface area contributed by atoms with Crippen LogP contribution in [-0.4, -0.2) is 26.3 Å². The molecule has 0 spiro atoms. The van der Waals surface area contributed by atoms with Gasteiger partial charge in [0.1, 0.15) is 0 Å². The molecule has 0 saturated heterocycles. The number of carbonyl (C=O) groups is 1. The third-order valence-corrected chi connectivity index (χ3v) is 2.26. The highest BCUT2D eigenvalue weighted by molar-refractivity contribution is 5.75. The highest BCUT2D eigenvalue weighted by Crippen LogP contribution is 2.26. The molecule has 3 nitrogen and oxygen atoms in total. The summed E-state index contributed by atoms with van der Waals surface area (Å²) >= 11 is 0. The van der Waals surface area contributed by atoms with Gasteiger partial charge in [0.25, 0.3) is 0 Å². The first kappa shape index (κ1) is 12.4. The Morgan fingerprint density at radius 3 is 2.23 bits per heavy atom. The van der Waals surface area contributed by atoms with Gasteiger partial charge in [-0.25, -0.2) is 0 Å². The molecular weight excluding hydrogens is 168 g/mol. The molecule has 0 saturated carbocycles. The van der Waals surface area contributed by atoms with Crippen molar-refractivity contribution < 1.29 is 14.3 Å². The van der Waals surface area contributed by atoms with Crippen LogP contribution in [0.4, 0.5) is 0 Å². The summed E-state index contributed by atoms with van der Waals surface area (Å²) in [6.07, 6.45) is 1.75. The van der Waals surface area contributed by atoms with Crippen molar-refractivity contribution in [3.8, 4) is 0 Å². The average Bonchev–Trinajstić information content (AvgIpc) is 2.12. The molecule has 0 aliphatic heterocycles. The van der Waals surface area contributed by atoms with Crippen LogP contribution in [0.5, 0.6) is 0 Å². The van der Waals surface area contributed by atoms with Crippen LogP contribution in [0.3, 0.4) is 0 Å². The number of methoxy groups -OCH3 is 2. The topological polar surface area (TPSA) is 35.5 Å². The van der Waals surface area contributed by atoms with Gasteiger partial charge in [0, 0.05) is 7.11 Å². The summed E-state index contributed by atoms with van der Waals surface area (Å²) in [6.45, 7) is 5.79. The van der Waals surface area contributed by atoms with E-state index >= 15 is 0 Å². The third kappa shape index (κ3) is 3.77. The molecule has 13 heavy (non-hydrogen) atoms. The van der Waals surface area contributed by atoms with E-state index in [9.17, 15) is 4.79 Å². The molecule has 1 atom stereocenters. The number of hydrogen-bond acceptors (Lipinski definition) is 3. The van der Waals surface area contributed by atoms with Crippen molar-refractivity contribution in [2.45, 2.75) is 39.7 Å². The molecule has 0 heterocycles. The fraction of sp³-hybridized carbons (Fsp3) is 0.900. The predicted molar refractivity (Wildman–Crippen MR) is 51.5 cm³/mol. The zero-order valence-electron chi connectivity index (χ0n) is 9.22. The summed E-state index contributed by atoms with van der Waals surface area (Å²) in [5.41, 5.74) is -0.453. The Morgan fingerprint density at radius 2 is 1.92 bits per heavy atom. The quantitative estimate of drug-likeness (QED) is 0.619. The van der Waals surface area contributed by atoms with Crippen molar-refractivity contribution in [1.82, 2.24) is 0 Å². The molecule has 0 radical (unpaired) electrons. The minimum atomic E-state index is -0.453. The van der Waals surface area contributed by atoms with E-state index in [1.54, 1.807) is 7.11 Å². The standard InChI is InChI=1S/C10H20O3/c1-6-8(12-4)7-10(2,3)9(11)13-5/h8H,6-7H2,1-5H3. The van der Waals surface area contributed by atoms with Crippen molar-refractivity contribution >= 4 is 5.97 Å². The molecule has 0 N–H and O–H groups in total. The highest BCUT2D eigenvalue weighted by Gasteiger charge is 2.31. The molecule has 3 heteroatoms. The molecule has 0 aromatic heterocycles. The smallest absolute Gasteiger partial charge is 0.311 e. The molecule has 0 aliphatic rings. The summed E-state index contributed by atoms with van der Waals surface area (Å²) in [6, 6.07) is 0. The van der Waals surface area contributed by atoms with Crippen LogP contribution in [0.2, 0.25) is 0 Å². The average molecular weight is 188 g/mol. The lowest BCUT2D eigenvalue weighted by Gasteiger charge is -2.25. The Hall–Kier alpha value is -0.570. The van der Waals surface area contributed by atoms with Crippen LogP contribution in [0.15, 0.2) is 0 Å². The Labute approximate surface area is 80.4 Å². The fourth-order valence-corrected chi connectivity index (χ4v) is 1.32. The number of hydrogen-bond donors (Lipinski definition) is 0. The van der Waals surface area contributed by atoms with Crippen LogP contribution >= 0.6 is 0 Å². The van der Waals surface area contributed by atoms with Gasteiger partial charge < -0.3 is 9.47 Å². The lowest BCUT2D eigenvalue weighted by atomic mass is 9.86. The van der Waals surface area contributed by atoms with Crippen molar-refractivity contribution in [1.29, 1.82) is 0 Å². The second-order valence-corrected chi connectivity index (χ2v) is 3.85. The summed E-state index contributed by atoms with van der Waals surface area (Å²) < 4.78 is 9.93. The largest absolute Gasteiger partial charge is 0.469 e. The Morgan fingerprint density at radius 1 is 1.38 bits per heavy atom. The van der Waals surface area contributed by atoms with E-state index in [0.717, 1.165) is 6.42 Å². The molecule has 78 valence electrons. The molecule has 0 aromatic carbocycles. The van der Waals surface area contributed by atoms with Gasteiger partial charge in [-0.2, -0.15) is 0 Å². The maximum atomic E-state index is 11.3. The normalized spacial score (nSPS) is 13.9. The molecule has 0 fully saturated rings. The summed E-state index contributed by atoms with van der Waals surface area (Å²) in [4.78, 5) is 11.3. The number of esters is 1. The number of carbonyl (C=O) groups excluding carboxylic acids is 1. The SMILES string of the molecule is CCC(CC(C)(C)C(=O)OC)OC. The van der Waals surface area contributed by atoms with Gasteiger partial charge in [-0.3, -0.25) is 4.79 Å². The maximum absolute atomic E-state index is 11.3. The molecular formula is C10H20O3. The van der Waals surface area contributed by atoms with E-state index in [-0.39, 0.29) is 12.1 Å². The molecule has 0 rings (SSSR count). The first-order valence-electron chi connectivity index (χ1n) is 4.59. The third-order valence-electron chi connectivity index (χ3n) is 2.26. The number of ether oxygens (including phenoxy) is 2. The van der Waals surface area contributed by atoms with Gasteiger partial charge in [0.2, 0.25) is 0 Å². The first-order chi connectivity index (χ1) is 5.97. The van der Waals surface area contributed by atoms with Crippen LogP contribution in [0.25, 0.3) is 0 Å². The van der Waals surface area contributed by atoms with Crippen LogP contribution in [-0.2, 0) is 14.3 Å². The highest BCUT2D eigenvalue weighted by atomic mass is 16.5. The van der Waals surface area contributed by atoms with Crippen LogP contribution in [0.1, 0.15) is 33.6 Å². The van der Waals surface area contributed by atoms with Gasteiger partial charge in [-0.05, 0) is 26.7 Å². The summed E-state index contributed by atoms with van der Waals surface area (Å²) in [5, 5.41) is 0. The lowest BCUT2D eigenvalue weighted by Crippen LogP contribution is -2.30. The summed E-state index contributed by atoms with van der Waals surface area (Å²) in [5.74, 6) is -0.178. The second kappa shape index (κ2) is 5.22. The van der Waals surface area contributed by atoms with Gasteiger partial charge >= 0.3 is 5.97 Å². The van der Waals surface area contributed by atoms with E-state index in [0.29, 0.717) is 6.42 Å². The molecule has 0 bridgehead atoms. The van der Waals surface area contributed by atoms with E-state index in [2.05, 4.69) is 0 Å². The van der Waals surface area contributed by atoms with Gasteiger partial charge in [0.05, 0.1) is 18.6 Å². The van der Waals surface area contributed by atoms with Gasteiger partial charge in [0.15, 0.2) is 0 Å². The Kier molecular flexibility index (Phi) is 4.99. The predicted octanol–water partition coefficient (Wildman–Crippen LogP) is 2.00. The molecule has 0 aromatic rings. The lowest BCUT2D eigenvalue weighted by molar-refractivity contribution is -0.152. The van der Waals surface area contributed by atoms with Crippen LogP contribution in [0, 0.1) is 5.41 Å². The van der Waals surface area contributed by atoms with Crippen LogP contribution < -0.4 is 0 Å². The zero-order chi connectivity index (χ0) is 10.5. The number of rotatable bonds is 5. The molecule has 0 amide bonds. The van der Waals surface area contributed by atoms with E-state index < -0.39 is 5.41 Å². The van der Waals surface area contributed by atoms with E-state index in [4.69, 9.17) is 9.47 Å². The second-order valence-electron chi connectivity index (χ2n) is 3.85. The van der Waals surface area contributed by atoms with Crippen molar-refractivity contribution in [3.05, 3.63) is 0 Å². The minimum Gasteiger partial charge on any atom is -0.469 e. The van der Waals surface area contributed by atoms with Gasteiger partial charge in [-0.15, -0.1) is 0 Å². The Bertz CT molecular complexity index is 160.